The first kappa shape index (κ1) is 17.2. The van der Waals surface area contributed by atoms with Crippen molar-refractivity contribution in [2.45, 2.75) is 6.42 Å². The predicted octanol–water partition coefficient (Wildman–Crippen LogP) is 5.48. The largest absolute Gasteiger partial charge is 0.352 e. The van der Waals surface area contributed by atoms with E-state index >= 15 is 0 Å². The molecule has 0 saturated heterocycles. The topological polar surface area (TPSA) is 57.8 Å². The first-order chi connectivity index (χ1) is 13.8. The predicted molar refractivity (Wildman–Crippen MR) is 117 cm³/mol. The summed E-state index contributed by atoms with van der Waals surface area (Å²) in [4.78, 5) is 15.0. The number of hydrogen-bond acceptors (Lipinski definition) is 4. The Morgan fingerprint density at radius 3 is 2.86 bits per heavy atom. The summed E-state index contributed by atoms with van der Waals surface area (Å²) in [6.45, 7) is 0.631. The summed E-state index contributed by atoms with van der Waals surface area (Å²) in [7, 11) is 0. The third kappa shape index (κ3) is 3.21. The van der Waals surface area contributed by atoms with Crippen LogP contribution in [0.4, 0.5) is 0 Å². The third-order valence-corrected chi connectivity index (χ3v) is 6.78. The van der Waals surface area contributed by atoms with Gasteiger partial charge in [-0.3, -0.25) is 9.89 Å². The Bertz CT molecular complexity index is 1230. The number of benzene rings is 2. The van der Waals surface area contributed by atoms with Gasteiger partial charge in [0.1, 0.15) is 5.69 Å². The summed E-state index contributed by atoms with van der Waals surface area (Å²) < 4.78 is 1.23. The third-order valence-electron chi connectivity index (χ3n) is 4.72. The molecule has 5 aromatic rings. The van der Waals surface area contributed by atoms with Crippen molar-refractivity contribution in [3.05, 3.63) is 76.5 Å². The lowest BCUT2D eigenvalue weighted by atomic mass is 10.1. The van der Waals surface area contributed by atoms with Gasteiger partial charge in [-0.1, -0.05) is 24.3 Å². The molecule has 1 amide bonds. The summed E-state index contributed by atoms with van der Waals surface area (Å²) >= 11 is 3.43. The van der Waals surface area contributed by atoms with E-state index < -0.39 is 0 Å². The smallest absolute Gasteiger partial charge is 0.251 e. The molecular weight excluding hydrogens is 386 g/mol. The minimum atomic E-state index is -0.0538. The minimum Gasteiger partial charge on any atom is -0.352 e. The Morgan fingerprint density at radius 1 is 1.07 bits per heavy atom. The highest BCUT2D eigenvalue weighted by atomic mass is 32.1. The first-order valence-corrected chi connectivity index (χ1v) is 10.8. The lowest BCUT2D eigenvalue weighted by Gasteiger charge is -2.05. The van der Waals surface area contributed by atoms with Crippen LogP contribution in [0, 0.1) is 0 Å². The van der Waals surface area contributed by atoms with E-state index in [0.29, 0.717) is 12.1 Å². The van der Waals surface area contributed by atoms with Crippen LogP contribution >= 0.6 is 22.7 Å². The Morgan fingerprint density at radius 2 is 2.00 bits per heavy atom. The van der Waals surface area contributed by atoms with Crippen LogP contribution in [-0.4, -0.2) is 22.6 Å². The number of nitrogens with one attached hydrogen (secondary N) is 2. The van der Waals surface area contributed by atoms with E-state index in [1.165, 1.54) is 15.0 Å². The van der Waals surface area contributed by atoms with Crippen molar-refractivity contribution in [2.75, 3.05) is 6.54 Å². The maximum atomic E-state index is 12.6. The molecule has 138 valence electrons. The molecule has 0 bridgehead atoms. The number of H-pyrrole nitrogens is 1. The van der Waals surface area contributed by atoms with Gasteiger partial charge < -0.3 is 5.32 Å². The van der Waals surface area contributed by atoms with Crippen LogP contribution in [0.1, 0.15) is 15.2 Å². The standard InChI is InChI=1S/C22H17N3OS2/c26-22(23-10-9-16-5-3-11-27-16)15-7-8-18-17(12-15)21(25-24-18)20-13-14-4-1-2-6-19(14)28-20/h1-8,11-13H,9-10H2,(H,23,26)(H,24,25). The second-order valence-electron chi connectivity index (χ2n) is 6.57. The zero-order valence-electron chi connectivity index (χ0n) is 14.9. The van der Waals surface area contributed by atoms with Crippen molar-refractivity contribution >= 4 is 49.6 Å². The fourth-order valence-electron chi connectivity index (χ4n) is 3.30. The highest BCUT2D eigenvalue weighted by Crippen LogP contribution is 2.36. The van der Waals surface area contributed by atoms with Gasteiger partial charge in [-0.05, 0) is 53.6 Å². The summed E-state index contributed by atoms with van der Waals surface area (Å²) in [6.07, 6.45) is 0.852. The number of thiophene rings is 2. The van der Waals surface area contributed by atoms with E-state index in [-0.39, 0.29) is 5.91 Å². The van der Waals surface area contributed by atoms with Crippen molar-refractivity contribution in [2.24, 2.45) is 0 Å². The highest BCUT2D eigenvalue weighted by Gasteiger charge is 2.14. The lowest BCUT2D eigenvalue weighted by Crippen LogP contribution is -2.25. The van der Waals surface area contributed by atoms with Crippen molar-refractivity contribution in [1.82, 2.24) is 15.5 Å². The number of hydrogen-bond donors (Lipinski definition) is 2. The van der Waals surface area contributed by atoms with Crippen molar-refractivity contribution in [3.63, 3.8) is 0 Å². The summed E-state index contributed by atoms with van der Waals surface area (Å²) in [5.41, 5.74) is 2.48. The van der Waals surface area contributed by atoms with Crippen LogP contribution in [0.15, 0.2) is 66.0 Å². The van der Waals surface area contributed by atoms with Crippen LogP contribution in [0.25, 0.3) is 31.6 Å². The molecule has 0 radical (unpaired) electrons. The molecule has 0 aliphatic heterocycles. The Balaban J connectivity index is 1.42. The summed E-state index contributed by atoms with van der Waals surface area (Å²) in [5.74, 6) is -0.0538. The van der Waals surface area contributed by atoms with Crippen LogP contribution in [0.2, 0.25) is 0 Å². The minimum absolute atomic E-state index is 0.0538. The second kappa shape index (κ2) is 7.22. The molecule has 0 atom stereocenters. The van der Waals surface area contributed by atoms with E-state index in [9.17, 15) is 4.79 Å². The molecule has 3 heterocycles. The zero-order valence-corrected chi connectivity index (χ0v) is 16.6. The first-order valence-electron chi connectivity index (χ1n) is 9.05. The molecule has 3 aromatic heterocycles. The molecule has 0 saturated carbocycles. The molecule has 2 aromatic carbocycles. The summed E-state index contributed by atoms with van der Waals surface area (Å²) in [6, 6.07) is 20.3. The summed E-state index contributed by atoms with van der Waals surface area (Å²) in [5, 5.41) is 14.8. The molecular formula is C22H17N3OS2. The van der Waals surface area contributed by atoms with E-state index in [4.69, 9.17) is 0 Å². The molecule has 0 aliphatic carbocycles. The highest BCUT2D eigenvalue weighted by molar-refractivity contribution is 7.22. The molecule has 0 aliphatic rings. The van der Waals surface area contributed by atoms with E-state index in [1.54, 1.807) is 22.7 Å². The van der Waals surface area contributed by atoms with Gasteiger partial charge in [0, 0.05) is 27.1 Å². The van der Waals surface area contributed by atoms with Crippen LogP contribution in [0.5, 0.6) is 0 Å². The van der Waals surface area contributed by atoms with E-state index in [1.807, 2.05) is 36.4 Å². The molecule has 0 unspecified atom stereocenters. The second-order valence-corrected chi connectivity index (χ2v) is 8.68. The molecule has 6 heteroatoms. The number of rotatable bonds is 5. The van der Waals surface area contributed by atoms with Crippen LogP contribution in [-0.2, 0) is 6.42 Å². The SMILES string of the molecule is O=C(NCCc1cccs1)c1ccc2[nH]nc(-c3cc4ccccc4s3)c2c1. The fraction of sp³-hybridized carbons (Fsp3) is 0.0909. The van der Waals surface area contributed by atoms with Crippen molar-refractivity contribution in [3.8, 4) is 10.6 Å². The number of fused-ring (bicyclic) bond motifs is 2. The average molecular weight is 404 g/mol. The maximum absolute atomic E-state index is 12.6. The van der Waals surface area contributed by atoms with Crippen molar-refractivity contribution in [1.29, 1.82) is 0 Å². The number of carbonyl (C=O) groups is 1. The Labute approximate surface area is 169 Å². The zero-order chi connectivity index (χ0) is 18.9. The fourth-order valence-corrected chi connectivity index (χ4v) is 5.07. The van der Waals surface area contributed by atoms with Gasteiger partial charge in [0.2, 0.25) is 0 Å². The van der Waals surface area contributed by atoms with Gasteiger partial charge in [0.05, 0.1) is 10.4 Å². The lowest BCUT2D eigenvalue weighted by molar-refractivity contribution is 0.0954. The number of aromatic amines is 1. The van der Waals surface area contributed by atoms with Gasteiger partial charge in [0.25, 0.3) is 5.91 Å². The number of carbonyl (C=O) groups excluding carboxylic acids is 1. The quantitative estimate of drug-likeness (QED) is 0.408. The molecule has 5 rings (SSSR count). The van der Waals surface area contributed by atoms with E-state index in [0.717, 1.165) is 27.9 Å². The molecule has 0 spiro atoms. The number of nitrogens with zero attached hydrogens (tertiary/aromatic N) is 1. The molecule has 2 N–H and O–H groups in total. The van der Waals surface area contributed by atoms with Gasteiger partial charge >= 0.3 is 0 Å². The maximum Gasteiger partial charge on any atom is 0.251 e. The monoisotopic (exact) mass is 403 g/mol. The Kier molecular flexibility index (Phi) is 4.43. The molecule has 0 fully saturated rings. The van der Waals surface area contributed by atoms with Crippen LogP contribution in [0.3, 0.4) is 0 Å². The molecule has 4 nitrogen and oxygen atoms in total. The van der Waals surface area contributed by atoms with Crippen molar-refractivity contribution < 1.29 is 4.79 Å². The number of aromatic nitrogens is 2. The average Bonchev–Trinajstić information content (AvgIpc) is 3.45. The normalized spacial score (nSPS) is 11.3. The van der Waals surface area contributed by atoms with Gasteiger partial charge in [0.15, 0.2) is 0 Å². The number of amides is 1. The van der Waals surface area contributed by atoms with Crippen LogP contribution < -0.4 is 5.32 Å². The Hall–Kier alpha value is -2.96. The van der Waals surface area contributed by atoms with Gasteiger partial charge in [-0.15, -0.1) is 22.7 Å². The molecule has 28 heavy (non-hydrogen) atoms. The van der Waals surface area contributed by atoms with Gasteiger partial charge in [-0.2, -0.15) is 5.10 Å². The van der Waals surface area contributed by atoms with E-state index in [2.05, 4.69) is 45.2 Å². The van der Waals surface area contributed by atoms with Gasteiger partial charge in [-0.25, -0.2) is 0 Å².